The lowest BCUT2D eigenvalue weighted by molar-refractivity contribution is -0.173. The summed E-state index contributed by atoms with van der Waals surface area (Å²) in [6, 6.07) is 6.46. The van der Waals surface area contributed by atoms with Gasteiger partial charge in [0.15, 0.2) is 11.7 Å². The smallest absolute Gasteiger partial charge is 0.362 e. The molecule has 5 rings (SSSR count). The first-order valence-corrected chi connectivity index (χ1v) is 12.9. The van der Waals surface area contributed by atoms with E-state index in [4.69, 9.17) is 11.6 Å². The normalized spacial score (nSPS) is 19.3. The minimum atomic E-state index is -4.60. The molecule has 6 nitrogen and oxygen atoms in total. The largest absolute Gasteiger partial charge is 0.410 e. The molecule has 0 spiro atoms. The van der Waals surface area contributed by atoms with Crippen LogP contribution in [0.1, 0.15) is 63.4 Å². The van der Waals surface area contributed by atoms with E-state index in [0.717, 1.165) is 45.3 Å². The second-order valence-electron chi connectivity index (χ2n) is 8.48. The van der Waals surface area contributed by atoms with Crippen LogP contribution in [0.4, 0.5) is 24.0 Å². The maximum absolute atomic E-state index is 14.0. The molecule has 1 aliphatic heterocycles. The number of hydrogen-bond acceptors (Lipinski definition) is 5. The Morgan fingerprint density at radius 1 is 1.29 bits per heavy atom. The van der Waals surface area contributed by atoms with Crippen LogP contribution in [0.2, 0.25) is 5.02 Å². The lowest BCUT2D eigenvalue weighted by Crippen LogP contribution is -2.35. The highest BCUT2D eigenvalue weighted by molar-refractivity contribution is 9.10. The fourth-order valence-corrected chi connectivity index (χ4v) is 6.35. The Morgan fingerprint density at radius 3 is 2.69 bits per heavy atom. The van der Waals surface area contributed by atoms with Crippen molar-refractivity contribution in [2.24, 2.45) is 0 Å². The van der Waals surface area contributed by atoms with E-state index in [1.807, 2.05) is 0 Å². The molecule has 0 saturated heterocycles. The predicted molar refractivity (Wildman–Crippen MR) is 131 cm³/mol. The van der Waals surface area contributed by atoms with E-state index in [9.17, 15) is 23.2 Å². The fourth-order valence-electron chi connectivity index (χ4n) is 4.58. The zero-order valence-electron chi connectivity index (χ0n) is 18.0. The highest BCUT2D eigenvalue weighted by atomic mass is 79.9. The predicted octanol–water partition coefficient (Wildman–Crippen LogP) is 7.02. The summed E-state index contributed by atoms with van der Waals surface area (Å²) in [5.41, 5.74) is 1.67. The van der Waals surface area contributed by atoms with E-state index in [1.54, 1.807) is 24.3 Å². The van der Waals surface area contributed by atoms with Gasteiger partial charge >= 0.3 is 6.18 Å². The fraction of sp³-hybridized carbons (Fsp3) is 0.348. The van der Waals surface area contributed by atoms with Gasteiger partial charge in [-0.05, 0) is 48.9 Å². The van der Waals surface area contributed by atoms with Crippen molar-refractivity contribution in [3.8, 4) is 6.07 Å². The molecule has 0 radical (unpaired) electrons. The summed E-state index contributed by atoms with van der Waals surface area (Å²) in [6.07, 6.45) is -1.34. The minimum Gasteiger partial charge on any atom is -0.362 e. The Labute approximate surface area is 216 Å². The highest BCUT2D eigenvalue weighted by Gasteiger charge is 2.48. The number of rotatable bonds is 3. The summed E-state index contributed by atoms with van der Waals surface area (Å²) in [6.45, 7) is 0. The molecule has 1 aliphatic carbocycles. The van der Waals surface area contributed by atoms with Gasteiger partial charge < -0.3 is 10.6 Å². The average Bonchev–Trinajstić information content (AvgIpc) is 3.35. The molecule has 0 saturated carbocycles. The van der Waals surface area contributed by atoms with Crippen LogP contribution in [0.3, 0.4) is 0 Å². The van der Waals surface area contributed by atoms with Crippen LogP contribution in [0.25, 0.3) is 0 Å². The van der Waals surface area contributed by atoms with Gasteiger partial charge in [-0.1, -0.05) is 39.7 Å². The summed E-state index contributed by atoms with van der Waals surface area (Å²) in [5, 5.41) is 19.5. The zero-order valence-corrected chi connectivity index (χ0v) is 21.2. The molecule has 0 unspecified atom stereocenters. The van der Waals surface area contributed by atoms with E-state index in [-0.39, 0.29) is 23.0 Å². The zero-order chi connectivity index (χ0) is 24.9. The van der Waals surface area contributed by atoms with Crippen LogP contribution in [0.15, 0.2) is 28.7 Å². The SMILES string of the molecule is N#Cc1c(NC(=O)c2nn3c(c2Cl)N[C@H](c2ccc(Br)cc2)C[C@@H]3C(F)(F)F)sc2c1CCCC2. The number of aryl methyl sites for hydroxylation is 1. The number of nitriles is 1. The molecular formula is C23H18BrClF3N5OS. The first-order valence-electron chi connectivity index (χ1n) is 10.9. The summed E-state index contributed by atoms with van der Waals surface area (Å²) in [4.78, 5) is 14.1. The number of hydrogen-bond donors (Lipinski definition) is 2. The third-order valence-electron chi connectivity index (χ3n) is 6.29. The first kappa shape index (κ1) is 24.2. The summed E-state index contributed by atoms with van der Waals surface area (Å²) < 4.78 is 43.6. The molecule has 182 valence electrons. The van der Waals surface area contributed by atoms with Crippen molar-refractivity contribution in [3.05, 3.63) is 61.0 Å². The summed E-state index contributed by atoms with van der Waals surface area (Å²) in [5.74, 6) is -0.820. The van der Waals surface area contributed by atoms with Gasteiger partial charge in [0.2, 0.25) is 0 Å². The number of alkyl halides is 3. The van der Waals surface area contributed by atoms with Gasteiger partial charge in [-0.2, -0.15) is 23.5 Å². The molecule has 2 aliphatic rings. The standard InChI is InChI=1S/C23H18BrClF3N5OS/c24-12-7-5-11(6-8-12)15-9-17(23(26,27)28)33-20(30-15)18(25)19(32-33)21(34)31-22-14(10-29)13-3-1-2-4-16(13)35-22/h5-8,15,17,30H,1-4,9H2,(H,31,34)/t15-,17+/m0/s1. The Kier molecular flexibility index (Phi) is 6.32. The van der Waals surface area contributed by atoms with E-state index in [2.05, 4.69) is 37.7 Å². The van der Waals surface area contributed by atoms with Crippen molar-refractivity contribution in [2.45, 2.75) is 50.4 Å². The molecule has 35 heavy (non-hydrogen) atoms. The minimum absolute atomic E-state index is 0.0655. The number of halogens is 5. The number of benzene rings is 1. The Balaban J connectivity index is 1.49. The van der Waals surface area contributed by atoms with Crippen LogP contribution < -0.4 is 10.6 Å². The number of fused-ring (bicyclic) bond motifs is 2. The molecule has 2 atom stereocenters. The van der Waals surface area contributed by atoms with Gasteiger partial charge in [0.1, 0.15) is 21.9 Å². The van der Waals surface area contributed by atoms with Gasteiger partial charge in [0.25, 0.3) is 5.91 Å². The number of anilines is 2. The van der Waals surface area contributed by atoms with E-state index in [1.165, 1.54) is 11.3 Å². The summed E-state index contributed by atoms with van der Waals surface area (Å²) >= 11 is 11.1. The van der Waals surface area contributed by atoms with Gasteiger partial charge in [-0.15, -0.1) is 11.3 Å². The molecule has 3 heterocycles. The number of aromatic nitrogens is 2. The topological polar surface area (TPSA) is 82.7 Å². The number of carbonyl (C=O) groups is 1. The molecule has 0 fully saturated rings. The van der Waals surface area contributed by atoms with Crippen molar-refractivity contribution in [1.29, 1.82) is 5.26 Å². The van der Waals surface area contributed by atoms with Crippen LogP contribution in [-0.2, 0) is 12.8 Å². The van der Waals surface area contributed by atoms with Crippen molar-refractivity contribution in [1.82, 2.24) is 9.78 Å². The van der Waals surface area contributed by atoms with Crippen molar-refractivity contribution in [2.75, 3.05) is 10.6 Å². The van der Waals surface area contributed by atoms with Gasteiger partial charge in [0, 0.05) is 15.8 Å². The van der Waals surface area contributed by atoms with E-state index < -0.39 is 24.2 Å². The van der Waals surface area contributed by atoms with Gasteiger partial charge in [-0.25, -0.2) is 4.68 Å². The van der Waals surface area contributed by atoms with Crippen molar-refractivity contribution >= 4 is 55.6 Å². The Morgan fingerprint density at radius 2 is 2.00 bits per heavy atom. The third-order valence-corrected chi connectivity index (χ3v) is 8.39. The number of nitrogens with one attached hydrogen (secondary N) is 2. The molecular weight excluding hydrogens is 567 g/mol. The monoisotopic (exact) mass is 583 g/mol. The molecule has 2 N–H and O–H groups in total. The Hall–Kier alpha value is -2.55. The third kappa shape index (κ3) is 4.43. The molecule has 1 amide bonds. The van der Waals surface area contributed by atoms with Gasteiger partial charge in [0.05, 0.1) is 11.6 Å². The van der Waals surface area contributed by atoms with Crippen LogP contribution in [-0.4, -0.2) is 21.9 Å². The molecule has 2 aromatic heterocycles. The van der Waals surface area contributed by atoms with Crippen molar-refractivity contribution in [3.63, 3.8) is 0 Å². The number of nitrogens with zero attached hydrogens (tertiary/aromatic N) is 3. The second-order valence-corrected chi connectivity index (χ2v) is 10.9. The number of amides is 1. The van der Waals surface area contributed by atoms with Crippen molar-refractivity contribution < 1.29 is 18.0 Å². The maximum Gasteiger partial charge on any atom is 0.410 e. The van der Waals surface area contributed by atoms with Crippen LogP contribution in [0, 0.1) is 11.3 Å². The first-order chi connectivity index (χ1) is 16.7. The molecule has 3 aromatic rings. The Bertz CT molecular complexity index is 1350. The second kappa shape index (κ2) is 9.15. The lowest BCUT2D eigenvalue weighted by Gasteiger charge is -2.33. The van der Waals surface area contributed by atoms with Gasteiger partial charge in [-0.3, -0.25) is 4.79 Å². The molecule has 1 aromatic carbocycles. The van der Waals surface area contributed by atoms with E-state index in [0.29, 0.717) is 16.1 Å². The molecule has 12 heteroatoms. The highest BCUT2D eigenvalue weighted by Crippen LogP contribution is 2.46. The number of thiophene rings is 1. The average molecular weight is 585 g/mol. The molecule has 0 bridgehead atoms. The lowest BCUT2D eigenvalue weighted by atomic mass is 9.96. The van der Waals surface area contributed by atoms with E-state index >= 15 is 0 Å². The van der Waals surface area contributed by atoms with Crippen LogP contribution >= 0.6 is 38.9 Å². The number of carbonyl (C=O) groups excluding carboxylic acids is 1. The van der Waals surface area contributed by atoms with Crippen LogP contribution in [0.5, 0.6) is 0 Å². The summed E-state index contributed by atoms with van der Waals surface area (Å²) in [7, 11) is 0. The maximum atomic E-state index is 14.0. The quantitative estimate of drug-likeness (QED) is 0.347.